The second kappa shape index (κ2) is 10.2. The van der Waals surface area contributed by atoms with Crippen molar-refractivity contribution in [2.75, 3.05) is 39.3 Å². The van der Waals surface area contributed by atoms with Crippen LogP contribution in [-0.4, -0.2) is 54.3 Å². The number of fused-ring (bicyclic) bond motifs is 1. The first-order valence-corrected chi connectivity index (χ1v) is 12.4. The van der Waals surface area contributed by atoms with Crippen molar-refractivity contribution in [3.05, 3.63) is 59.0 Å². The number of aryl methyl sites for hydroxylation is 1. The lowest BCUT2D eigenvalue weighted by Crippen LogP contribution is -2.34. The van der Waals surface area contributed by atoms with Crippen LogP contribution >= 0.6 is 0 Å². The van der Waals surface area contributed by atoms with Gasteiger partial charge in [-0.2, -0.15) is 0 Å². The molecule has 0 saturated carbocycles. The van der Waals surface area contributed by atoms with Crippen LogP contribution in [0.2, 0.25) is 0 Å². The van der Waals surface area contributed by atoms with Crippen molar-refractivity contribution in [2.45, 2.75) is 51.5 Å². The van der Waals surface area contributed by atoms with Gasteiger partial charge in [-0.3, -0.25) is 4.90 Å². The van der Waals surface area contributed by atoms with Gasteiger partial charge < -0.3 is 14.2 Å². The highest BCUT2D eigenvalue weighted by Crippen LogP contribution is 2.32. The highest BCUT2D eigenvalue weighted by Gasteiger charge is 2.25. The summed E-state index contributed by atoms with van der Waals surface area (Å²) in [5.41, 5.74) is 4.27. The van der Waals surface area contributed by atoms with E-state index in [0.717, 1.165) is 68.9 Å². The van der Waals surface area contributed by atoms with E-state index in [1.807, 2.05) is 0 Å². The number of ether oxygens (including phenoxy) is 1. The monoisotopic (exact) mass is 451 g/mol. The van der Waals surface area contributed by atoms with E-state index in [0.29, 0.717) is 11.5 Å². The van der Waals surface area contributed by atoms with Crippen LogP contribution in [0.5, 0.6) is 5.75 Å². The lowest BCUT2D eigenvalue weighted by atomic mass is 9.91. The Morgan fingerprint density at radius 2 is 1.85 bits per heavy atom. The van der Waals surface area contributed by atoms with Gasteiger partial charge >= 0.3 is 0 Å². The van der Waals surface area contributed by atoms with Crippen molar-refractivity contribution in [3.8, 4) is 5.75 Å². The fourth-order valence-corrected chi connectivity index (χ4v) is 5.25. The number of likely N-dealkylation sites (tertiary alicyclic amines) is 2. The highest BCUT2D eigenvalue weighted by molar-refractivity contribution is 5.79. The van der Waals surface area contributed by atoms with Crippen LogP contribution in [0.1, 0.15) is 54.8 Å². The summed E-state index contributed by atoms with van der Waals surface area (Å²) in [4.78, 5) is 5.04. The maximum Gasteiger partial charge on any atom is 0.170 e. The van der Waals surface area contributed by atoms with Gasteiger partial charge in [-0.25, -0.2) is 4.39 Å². The van der Waals surface area contributed by atoms with Crippen LogP contribution in [-0.2, 0) is 6.54 Å². The van der Waals surface area contributed by atoms with Crippen molar-refractivity contribution in [1.82, 2.24) is 15.0 Å². The molecule has 0 atom stereocenters. The number of hydrogen-bond acceptors (Lipinski definition) is 5. The molecule has 0 spiro atoms. The molecule has 176 valence electrons. The fourth-order valence-electron chi connectivity index (χ4n) is 5.25. The molecule has 1 aromatic heterocycles. The zero-order chi connectivity index (χ0) is 22.6. The quantitative estimate of drug-likeness (QED) is 0.422. The topological polar surface area (TPSA) is 41.7 Å². The molecule has 0 N–H and O–H groups in total. The predicted octanol–water partition coefficient (Wildman–Crippen LogP) is 5.52. The minimum absolute atomic E-state index is 0.282. The normalized spacial score (nSPS) is 18.4. The van der Waals surface area contributed by atoms with E-state index in [1.165, 1.54) is 49.2 Å². The van der Waals surface area contributed by atoms with Crippen molar-refractivity contribution in [1.29, 1.82) is 0 Å². The molecular formula is C27H34FN3O2. The molecule has 0 bridgehead atoms. The Kier molecular flexibility index (Phi) is 6.93. The minimum Gasteiger partial charge on any atom is -0.494 e. The molecule has 2 saturated heterocycles. The Morgan fingerprint density at radius 3 is 2.64 bits per heavy atom. The van der Waals surface area contributed by atoms with E-state index in [4.69, 9.17) is 9.26 Å². The zero-order valence-electron chi connectivity index (χ0n) is 19.6. The Hall–Kier alpha value is -2.44. The van der Waals surface area contributed by atoms with E-state index in [2.05, 4.69) is 40.1 Å². The maximum atomic E-state index is 13.4. The number of piperidine rings is 1. The van der Waals surface area contributed by atoms with Crippen molar-refractivity contribution < 1.29 is 13.7 Å². The second-order valence-corrected chi connectivity index (χ2v) is 9.60. The van der Waals surface area contributed by atoms with Gasteiger partial charge in [0, 0.05) is 30.5 Å². The van der Waals surface area contributed by atoms with Crippen molar-refractivity contribution in [2.24, 2.45) is 0 Å². The van der Waals surface area contributed by atoms with Gasteiger partial charge in [0.2, 0.25) is 0 Å². The van der Waals surface area contributed by atoms with Crippen LogP contribution in [0.3, 0.4) is 0 Å². The number of nitrogens with zero attached hydrogens (tertiary/aromatic N) is 3. The first kappa shape index (κ1) is 22.4. The molecule has 2 aliphatic heterocycles. The third kappa shape index (κ3) is 5.39. The Balaban J connectivity index is 1.04. The van der Waals surface area contributed by atoms with E-state index in [1.54, 1.807) is 6.07 Å². The molecule has 2 aromatic carbocycles. The second-order valence-electron chi connectivity index (χ2n) is 9.60. The molecule has 3 aromatic rings. The minimum atomic E-state index is -0.282. The SMILES string of the molecule is Cc1cc(OCCCN2CCC(c3noc4cc(F)ccc34)CC2)ccc1CN1CCCC1. The maximum absolute atomic E-state index is 13.4. The molecule has 3 heterocycles. The lowest BCUT2D eigenvalue weighted by molar-refractivity contribution is 0.191. The number of hydrogen-bond donors (Lipinski definition) is 0. The molecule has 5 rings (SSSR count). The molecule has 2 fully saturated rings. The summed E-state index contributed by atoms with van der Waals surface area (Å²) >= 11 is 0. The van der Waals surface area contributed by atoms with Crippen molar-refractivity contribution >= 4 is 11.0 Å². The molecule has 0 radical (unpaired) electrons. The fraction of sp³-hybridized carbons (Fsp3) is 0.519. The molecule has 2 aliphatic rings. The Bertz CT molecular complexity index is 1070. The number of aromatic nitrogens is 1. The molecule has 33 heavy (non-hydrogen) atoms. The lowest BCUT2D eigenvalue weighted by Gasteiger charge is -2.31. The summed E-state index contributed by atoms with van der Waals surface area (Å²) in [5.74, 6) is 1.08. The predicted molar refractivity (Wildman–Crippen MR) is 128 cm³/mol. The number of benzene rings is 2. The van der Waals surface area contributed by atoms with E-state index in [9.17, 15) is 4.39 Å². The van der Waals surface area contributed by atoms with E-state index >= 15 is 0 Å². The average Bonchev–Trinajstić information content (AvgIpc) is 3.48. The first-order valence-electron chi connectivity index (χ1n) is 12.4. The van der Waals surface area contributed by atoms with E-state index in [-0.39, 0.29) is 5.82 Å². The van der Waals surface area contributed by atoms with Crippen molar-refractivity contribution in [3.63, 3.8) is 0 Å². The van der Waals surface area contributed by atoms with Gasteiger partial charge in [0.05, 0.1) is 12.3 Å². The standard InChI is InChI=1S/C27H34FN3O2/c1-20-17-24(7-5-22(20)19-31-11-2-3-12-31)32-16-4-13-30-14-9-21(10-15-30)27-25-8-6-23(28)18-26(25)33-29-27/h5-8,17-18,21H,2-4,9-16,19H2,1H3. The van der Waals surface area contributed by atoms with E-state index < -0.39 is 0 Å². The van der Waals surface area contributed by atoms with Crippen LogP contribution in [0.4, 0.5) is 4.39 Å². The summed E-state index contributed by atoms with van der Waals surface area (Å²) in [5, 5.41) is 5.20. The number of halogens is 1. The molecular weight excluding hydrogens is 417 g/mol. The average molecular weight is 452 g/mol. The van der Waals surface area contributed by atoms with Crippen LogP contribution in [0.25, 0.3) is 11.0 Å². The van der Waals surface area contributed by atoms with Crippen LogP contribution in [0.15, 0.2) is 40.9 Å². The molecule has 0 amide bonds. The summed E-state index contributed by atoms with van der Waals surface area (Å²) in [6.07, 6.45) is 5.78. The summed E-state index contributed by atoms with van der Waals surface area (Å²) in [7, 11) is 0. The van der Waals surface area contributed by atoms with Gasteiger partial charge in [0.15, 0.2) is 5.58 Å². The summed E-state index contributed by atoms with van der Waals surface area (Å²) < 4.78 is 24.8. The number of rotatable bonds is 8. The van der Waals surface area contributed by atoms with Gasteiger partial charge in [0.1, 0.15) is 11.6 Å². The van der Waals surface area contributed by atoms with Gasteiger partial charge in [-0.15, -0.1) is 0 Å². The van der Waals surface area contributed by atoms with Gasteiger partial charge in [-0.05, 0) is 101 Å². The van der Waals surface area contributed by atoms with Gasteiger partial charge in [0.25, 0.3) is 0 Å². The molecule has 0 unspecified atom stereocenters. The third-order valence-corrected chi connectivity index (χ3v) is 7.23. The first-order chi connectivity index (χ1) is 16.2. The van der Waals surface area contributed by atoms with Crippen LogP contribution < -0.4 is 4.74 Å². The highest BCUT2D eigenvalue weighted by atomic mass is 19.1. The Labute approximate surface area is 195 Å². The third-order valence-electron chi connectivity index (χ3n) is 7.23. The zero-order valence-corrected chi connectivity index (χ0v) is 19.6. The largest absolute Gasteiger partial charge is 0.494 e. The molecule has 0 aliphatic carbocycles. The molecule has 5 nitrogen and oxygen atoms in total. The summed E-state index contributed by atoms with van der Waals surface area (Å²) in [6.45, 7) is 9.58. The Morgan fingerprint density at radius 1 is 1.03 bits per heavy atom. The van der Waals surface area contributed by atoms with Crippen LogP contribution in [0, 0.1) is 12.7 Å². The molecule has 6 heteroatoms. The van der Waals surface area contributed by atoms with Gasteiger partial charge in [-0.1, -0.05) is 11.2 Å². The summed E-state index contributed by atoms with van der Waals surface area (Å²) in [6, 6.07) is 11.2. The smallest absolute Gasteiger partial charge is 0.170 e.